The summed E-state index contributed by atoms with van der Waals surface area (Å²) in [5, 5.41) is 0. The molecule has 3 rings (SSSR count). The van der Waals surface area contributed by atoms with Crippen LogP contribution in [0.4, 0.5) is 10.5 Å². The van der Waals surface area contributed by atoms with E-state index in [9.17, 15) is 4.79 Å². The maximum absolute atomic E-state index is 13.1. The van der Waals surface area contributed by atoms with Crippen LogP contribution in [0.1, 0.15) is 31.9 Å². The van der Waals surface area contributed by atoms with Crippen molar-refractivity contribution in [3.63, 3.8) is 0 Å². The molecule has 1 atom stereocenters. The fourth-order valence-corrected chi connectivity index (χ4v) is 3.39. The minimum atomic E-state index is -0.605. The molecule has 1 amide bonds. The molecule has 0 saturated carbocycles. The molecule has 34 heavy (non-hydrogen) atoms. The number of methoxy groups -OCH3 is 1. The Morgan fingerprint density at radius 2 is 1.50 bits per heavy atom. The third kappa shape index (κ3) is 7.96. The van der Waals surface area contributed by atoms with Crippen molar-refractivity contribution in [2.75, 3.05) is 12.0 Å². The molecule has 4 nitrogen and oxygen atoms in total. The SMILES string of the molecule is COc1ccc(N(/C=C\[C@H](/C=C/c2ccccc2)Cc2ccccc2)C(=O)OC(C)(C)C)cc1. The van der Waals surface area contributed by atoms with Crippen LogP contribution in [0.2, 0.25) is 0 Å². The molecule has 0 fully saturated rings. The van der Waals surface area contributed by atoms with Crippen LogP contribution in [0, 0.1) is 5.92 Å². The number of nitrogens with zero attached hydrogens (tertiary/aromatic N) is 1. The van der Waals surface area contributed by atoms with Crippen molar-refractivity contribution in [1.29, 1.82) is 0 Å². The number of carbonyl (C=O) groups excluding carboxylic acids is 1. The standard InChI is InChI=1S/C30H33NO3/c1-30(2,3)34-29(32)31(27-17-19-28(33-4)20-18-27)22-21-26(23-25-13-9-6-10-14-25)16-15-24-11-7-5-8-12-24/h5-22,26H,23H2,1-4H3/b16-15+,22-21-/t26-/m0/s1. The highest BCUT2D eigenvalue weighted by Crippen LogP contribution is 2.23. The summed E-state index contributed by atoms with van der Waals surface area (Å²) in [6.45, 7) is 5.59. The van der Waals surface area contributed by atoms with Gasteiger partial charge >= 0.3 is 6.09 Å². The number of ether oxygens (including phenoxy) is 2. The zero-order valence-corrected chi connectivity index (χ0v) is 20.3. The van der Waals surface area contributed by atoms with Gasteiger partial charge in [-0.15, -0.1) is 0 Å². The van der Waals surface area contributed by atoms with Crippen molar-refractivity contribution in [2.45, 2.75) is 32.8 Å². The van der Waals surface area contributed by atoms with Crippen molar-refractivity contribution in [3.05, 3.63) is 114 Å². The van der Waals surface area contributed by atoms with Crippen LogP contribution in [-0.2, 0) is 11.2 Å². The predicted octanol–water partition coefficient (Wildman–Crippen LogP) is 7.52. The molecule has 0 N–H and O–H groups in total. The molecule has 0 heterocycles. The Morgan fingerprint density at radius 3 is 2.09 bits per heavy atom. The van der Waals surface area contributed by atoms with Gasteiger partial charge in [0.1, 0.15) is 11.4 Å². The second-order valence-corrected chi connectivity index (χ2v) is 9.01. The number of hydrogen-bond acceptors (Lipinski definition) is 3. The maximum atomic E-state index is 13.1. The largest absolute Gasteiger partial charge is 0.497 e. The van der Waals surface area contributed by atoms with E-state index in [1.807, 2.05) is 87.5 Å². The van der Waals surface area contributed by atoms with Crippen molar-refractivity contribution >= 4 is 17.9 Å². The van der Waals surface area contributed by atoms with Crippen LogP contribution < -0.4 is 9.64 Å². The molecule has 0 spiro atoms. The number of hydrogen-bond donors (Lipinski definition) is 0. The number of anilines is 1. The zero-order chi connectivity index (χ0) is 24.4. The first-order valence-electron chi connectivity index (χ1n) is 11.5. The Morgan fingerprint density at radius 1 is 0.882 bits per heavy atom. The van der Waals surface area contributed by atoms with Gasteiger partial charge in [-0.25, -0.2) is 4.79 Å². The zero-order valence-electron chi connectivity index (χ0n) is 20.3. The summed E-state index contributed by atoms with van der Waals surface area (Å²) in [4.78, 5) is 14.6. The van der Waals surface area contributed by atoms with E-state index in [4.69, 9.17) is 9.47 Å². The number of benzene rings is 3. The van der Waals surface area contributed by atoms with Crippen LogP contribution >= 0.6 is 0 Å². The quantitative estimate of drug-likeness (QED) is 0.352. The molecule has 0 aliphatic rings. The van der Waals surface area contributed by atoms with Crippen molar-refractivity contribution in [3.8, 4) is 5.75 Å². The van der Waals surface area contributed by atoms with E-state index in [1.54, 1.807) is 18.2 Å². The highest BCUT2D eigenvalue weighted by Gasteiger charge is 2.22. The van der Waals surface area contributed by atoms with Gasteiger partial charge in [0.2, 0.25) is 0 Å². The van der Waals surface area contributed by atoms with Crippen LogP contribution in [-0.4, -0.2) is 18.8 Å². The van der Waals surface area contributed by atoms with Gasteiger partial charge in [-0.1, -0.05) is 78.9 Å². The third-order valence-electron chi connectivity index (χ3n) is 5.07. The van der Waals surface area contributed by atoms with E-state index in [1.165, 1.54) is 5.56 Å². The molecular weight excluding hydrogens is 422 g/mol. The fraction of sp³-hybridized carbons (Fsp3) is 0.233. The van der Waals surface area contributed by atoms with Gasteiger partial charge in [0.25, 0.3) is 0 Å². The van der Waals surface area contributed by atoms with E-state index in [2.05, 4.69) is 36.4 Å². The van der Waals surface area contributed by atoms with Crippen molar-refractivity contribution < 1.29 is 14.3 Å². The minimum Gasteiger partial charge on any atom is -0.497 e. The first-order valence-corrected chi connectivity index (χ1v) is 11.5. The molecule has 3 aromatic carbocycles. The Kier molecular flexibility index (Phi) is 8.69. The molecule has 0 radical (unpaired) electrons. The fourth-order valence-electron chi connectivity index (χ4n) is 3.39. The maximum Gasteiger partial charge on any atom is 0.418 e. The number of carbonyl (C=O) groups is 1. The van der Waals surface area contributed by atoms with Gasteiger partial charge in [0, 0.05) is 12.1 Å². The highest BCUT2D eigenvalue weighted by atomic mass is 16.6. The summed E-state index contributed by atoms with van der Waals surface area (Å²) in [6, 6.07) is 27.9. The molecule has 176 valence electrons. The van der Waals surface area contributed by atoms with Gasteiger partial charge < -0.3 is 9.47 Å². The van der Waals surface area contributed by atoms with Crippen LogP contribution in [0.3, 0.4) is 0 Å². The van der Waals surface area contributed by atoms with Crippen LogP contribution in [0.15, 0.2) is 103 Å². The van der Waals surface area contributed by atoms with E-state index >= 15 is 0 Å². The average Bonchev–Trinajstić information content (AvgIpc) is 2.83. The lowest BCUT2D eigenvalue weighted by molar-refractivity contribution is 0.0596. The second-order valence-electron chi connectivity index (χ2n) is 9.01. The topological polar surface area (TPSA) is 38.8 Å². The molecule has 0 bridgehead atoms. The highest BCUT2D eigenvalue weighted by molar-refractivity contribution is 5.90. The van der Waals surface area contributed by atoms with Gasteiger partial charge in [0.05, 0.1) is 12.8 Å². The van der Waals surface area contributed by atoms with Crippen molar-refractivity contribution in [1.82, 2.24) is 0 Å². The number of rotatable bonds is 8. The average molecular weight is 456 g/mol. The Hall–Kier alpha value is -3.79. The molecular formula is C30H33NO3. The Labute approximate surface area is 203 Å². The number of allylic oxidation sites excluding steroid dienone is 2. The smallest absolute Gasteiger partial charge is 0.418 e. The normalized spacial score (nSPS) is 12.6. The van der Waals surface area contributed by atoms with Gasteiger partial charge in [-0.3, -0.25) is 4.90 Å². The summed E-state index contributed by atoms with van der Waals surface area (Å²) in [5.74, 6) is 0.801. The first-order chi connectivity index (χ1) is 16.3. The molecule has 4 heteroatoms. The van der Waals surface area contributed by atoms with Gasteiger partial charge in [-0.05, 0) is 62.6 Å². The van der Waals surface area contributed by atoms with E-state index in [0.717, 1.165) is 17.7 Å². The van der Waals surface area contributed by atoms with E-state index in [0.29, 0.717) is 5.69 Å². The third-order valence-corrected chi connectivity index (χ3v) is 5.07. The monoisotopic (exact) mass is 455 g/mol. The Bertz CT molecular complexity index is 1080. The summed E-state index contributed by atoms with van der Waals surface area (Å²) in [7, 11) is 1.62. The van der Waals surface area contributed by atoms with Gasteiger partial charge in [0.15, 0.2) is 0 Å². The van der Waals surface area contributed by atoms with E-state index in [-0.39, 0.29) is 5.92 Å². The second kappa shape index (κ2) is 11.9. The van der Waals surface area contributed by atoms with Crippen LogP contribution in [0.5, 0.6) is 5.75 Å². The van der Waals surface area contributed by atoms with Gasteiger partial charge in [-0.2, -0.15) is 0 Å². The lowest BCUT2D eigenvalue weighted by atomic mass is 9.98. The van der Waals surface area contributed by atoms with Crippen LogP contribution in [0.25, 0.3) is 6.08 Å². The summed E-state index contributed by atoms with van der Waals surface area (Å²) >= 11 is 0. The lowest BCUT2D eigenvalue weighted by Gasteiger charge is -2.25. The number of amides is 1. The van der Waals surface area contributed by atoms with E-state index < -0.39 is 11.7 Å². The lowest BCUT2D eigenvalue weighted by Crippen LogP contribution is -2.33. The summed E-state index contributed by atoms with van der Waals surface area (Å²) in [6.07, 6.45) is 8.51. The Balaban J connectivity index is 1.90. The molecule has 3 aromatic rings. The predicted molar refractivity (Wildman–Crippen MR) is 140 cm³/mol. The first kappa shape index (κ1) is 24.8. The molecule has 0 aliphatic carbocycles. The summed E-state index contributed by atoms with van der Waals surface area (Å²) in [5.41, 5.74) is 2.46. The summed E-state index contributed by atoms with van der Waals surface area (Å²) < 4.78 is 10.9. The van der Waals surface area contributed by atoms with Crippen molar-refractivity contribution in [2.24, 2.45) is 5.92 Å². The molecule has 0 aromatic heterocycles. The molecule has 0 aliphatic heterocycles. The molecule has 0 saturated heterocycles. The molecule has 0 unspecified atom stereocenters. The minimum absolute atomic E-state index is 0.0748.